The third-order valence-electron chi connectivity index (χ3n) is 6.49. The number of benzene rings is 2. The summed E-state index contributed by atoms with van der Waals surface area (Å²) in [6.45, 7) is 5.81. The molecule has 0 bridgehead atoms. The molecule has 176 valence electrons. The summed E-state index contributed by atoms with van der Waals surface area (Å²) in [5.74, 6) is -0.0828. The van der Waals surface area contributed by atoms with Gasteiger partial charge in [0.05, 0.1) is 29.3 Å². The Morgan fingerprint density at radius 2 is 1.79 bits per heavy atom. The van der Waals surface area contributed by atoms with E-state index >= 15 is 0 Å². The molecule has 2 aliphatic rings. The zero-order valence-corrected chi connectivity index (χ0v) is 20.3. The lowest BCUT2D eigenvalue weighted by Crippen LogP contribution is -2.51. The molecule has 0 N–H and O–H groups in total. The Morgan fingerprint density at radius 3 is 2.45 bits per heavy atom. The number of hydrogen-bond donors (Lipinski definition) is 0. The van der Waals surface area contributed by atoms with Crippen molar-refractivity contribution in [3.63, 3.8) is 0 Å². The Balaban J connectivity index is 1.79. The van der Waals surface area contributed by atoms with Gasteiger partial charge in [-0.05, 0) is 67.5 Å². The molecule has 1 aliphatic heterocycles. The fourth-order valence-corrected chi connectivity index (χ4v) is 6.34. The molecule has 8 heteroatoms. The average Bonchev–Trinajstić information content (AvgIpc) is 2.76. The molecule has 0 aromatic heterocycles. The largest absolute Gasteiger partial charge is 0.449 e. The van der Waals surface area contributed by atoms with Crippen LogP contribution >= 0.6 is 0 Å². The van der Waals surface area contributed by atoms with Crippen LogP contribution in [0.1, 0.15) is 50.0 Å². The summed E-state index contributed by atoms with van der Waals surface area (Å²) in [5.41, 5.74) is 5.08. The second-order valence-electron chi connectivity index (χ2n) is 8.88. The number of carbonyl (C=O) groups excluding carboxylic acids is 2. The smallest absolute Gasteiger partial charge is 0.414 e. The first-order valence-electron chi connectivity index (χ1n) is 11.3. The molecule has 33 heavy (non-hydrogen) atoms. The summed E-state index contributed by atoms with van der Waals surface area (Å²) >= 11 is 0. The van der Waals surface area contributed by atoms with Gasteiger partial charge >= 0.3 is 6.09 Å². The molecule has 2 amide bonds. The maximum atomic E-state index is 12.7. The Hall–Kier alpha value is -2.87. The maximum Gasteiger partial charge on any atom is 0.414 e. The van der Waals surface area contributed by atoms with E-state index in [0.717, 1.165) is 35.1 Å². The van der Waals surface area contributed by atoms with E-state index in [4.69, 9.17) is 4.74 Å². The van der Waals surface area contributed by atoms with Gasteiger partial charge in [0.2, 0.25) is 5.91 Å². The van der Waals surface area contributed by atoms with E-state index in [9.17, 15) is 18.0 Å². The summed E-state index contributed by atoms with van der Waals surface area (Å²) in [6.07, 6.45) is 3.19. The lowest BCUT2D eigenvalue weighted by atomic mass is 9.88. The van der Waals surface area contributed by atoms with Gasteiger partial charge in [0.25, 0.3) is 0 Å². The van der Waals surface area contributed by atoms with Crippen LogP contribution in [0, 0.1) is 0 Å². The zero-order chi connectivity index (χ0) is 23.9. The topological polar surface area (TPSA) is 84.0 Å². The van der Waals surface area contributed by atoms with Crippen LogP contribution < -0.4 is 9.80 Å². The third-order valence-corrected chi connectivity index (χ3v) is 8.02. The second kappa shape index (κ2) is 8.82. The highest BCUT2D eigenvalue weighted by Crippen LogP contribution is 2.41. The van der Waals surface area contributed by atoms with E-state index in [1.165, 1.54) is 13.2 Å². The lowest BCUT2D eigenvalue weighted by Gasteiger charge is -2.40. The highest BCUT2D eigenvalue weighted by Gasteiger charge is 2.35. The second-order valence-corrected chi connectivity index (χ2v) is 11.1. The number of amides is 2. The summed E-state index contributed by atoms with van der Waals surface area (Å²) < 4.78 is 29.8. The molecule has 4 rings (SSSR count). The minimum atomic E-state index is -3.17. The Bertz CT molecular complexity index is 1210. The summed E-state index contributed by atoms with van der Waals surface area (Å²) in [5, 5.41) is -0.455. The van der Waals surface area contributed by atoms with Crippen LogP contribution in [0.25, 0.3) is 11.1 Å². The van der Waals surface area contributed by atoms with Gasteiger partial charge in [-0.25, -0.2) is 13.2 Å². The number of sulfone groups is 1. The average molecular weight is 471 g/mol. The summed E-state index contributed by atoms with van der Waals surface area (Å²) in [6, 6.07) is 11.4. The summed E-state index contributed by atoms with van der Waals surface area (Å²) in [4.78, 5) is 28.3. The number of carbonyl (C=O) groups is 2. The van der Waals surface area contributed by atoms with E-state index < -0.39 is 21.2 Å². The van der Waals surface area contributed by atoms with Gasteiger partial charge in [-0.1, -0.05) is 24.3 Å². The SMILES string of the molecule is CCOC(=O)N1C[C@H](C)N(C(C)=O)c2ccc(-c3ccc4c(c3)CCCC4S(C)(=O)=O)cc21. The van der Waals surface area contributed by atoms with E-state index in [-0.39, 0.29) is 18.6 Å². The van der Waals surface area contributed by atoms with Crippen LogP contribution in [0.3, 0.4) is 0 Å². The van der Waals surface area contributed by atoms with E-state index in [0.29, 0.717) is 24.3 Å². The van der Waals surface area contributed by atoms with Crippen molar-refractivity contribution in [1.82, 2.24) is 0 Å². The third kappa shape index (κ3) is 4.36. The quantitative estimate of drug-likeness (QED) is 0.660. The minimum Gasteiger partial charge on any atom is -0.449 e. The molecule has 0 fully saturated rings. The van der Waals surface area contributed by atoms with Crippen molar-refractivity contribution in [1.29, 1.82) is 0 Å². The molecule has 0 saturated heterocycles. The van der Waals surface area contributed by atoms with Gasteiger partial charge in [-0.2, -0.15) is 0 Å². The first kappa shape index (κ1) is 23.3. The molecular formula is C25H30N2O5S. The van der Waals surface area contributed by atoms with Crippen LogP contribution in [0.2, 0.25) is 0 Å². The number of anilines is 2. The van der Waals surface area contributed by atoms with Gasteiger partial charge in [-0.15, -0.1) is 0 Å². The van der Waals surface area contributed by atoms with Crippen LogP contribution in [-0.2, 0) is 25.8 Å². The highest BCUT2D eigenvalue weighted by molar-refractivity contribution is 7.90. The molecule has 0 saturated carbocycles. The van der Waals surface area contributed by atoms with Gasteiger partial charge in [0, 0.05) is 19.7 Å². The molecule has 1 aliphatic carbocycles. The van der Waals surface area contributed by atoms with Crippen molar-refractivity contribution < 1.29 is 22.7 Å². The number of hydrogen-bond acceptors (Lipinski definition) is 5. The van der Waals surface area contributed by atoms with E-state index in [1.807, 2.05) is 37.3 Å². The number of aryl methyl sites for hydroxylation is 1. The molecule has 2 aromatic rings. The molecule has 2 aromatic carbocycles. The predicted octanol–water partition coefficient (Wildman–Crippen LogP) is 4.49. The monoisotopic (exact) mass is 470 g/mol. The molecule has 0 radical (unpaired) electrons. The van der Waals surface area contributed by atoms with E-state index in [1.54, 1.807) is 16.7 Å². The van der Waals surface area contributed by atoms with Crippen LogP contribution in [0.4, 0.5) is 16.2 Å². The number of fused-ring (bicyclic) bond motifs is 2. The Morgan fingerprint density at radius 1 is 1.09 bits per heavy atom. The standard InChI is InChI=1S/C25H30N2O5S/c1-5-32-25(29)26-15-16(2)27(17(3)28)22-12-10-19(14-23(22)26)18-9-11-21-20(13-18)7-6-8-24(21)33(4,30)31/h9-14,16,24H,5-8,15H2,1-4H3/t16-,24?/m0/s1. The first-order chi connectivity index (χ1) is 15.6. The molecule has 2 atom stereocenters. The normalized spacial score (nSPS) is 20.1. The van der Waals surface area contributed by atoms with E-state index in [2.05, 4.69) is 6.07 Å². The number of rotatable bonds is 3. The predicted molar refractivity (Wildman–Crippen MR) is 129 cm³/mol. The van der Waals surface area contributed by atoms with Crippen molar-refractivity contribution in [2.75, 3.05) is 29.2 Å². The number of ether oxygens (including phenoxy) is 1. The van der Waals surface area contributed by atoms with Crippen molar-refractivity contribution in [3.8, 4) is 11.1 Å². The first-order valence-corrected chi connectivity index (χ1v) is 13.3. The lowest BCUT2D eigenvalue weighted by molar-refractivity contribution is -0.117. The van der Waals surface area contributed by atoms with Gasteiger partial charge < -0.3 is 9.64 Å². The molecule has 0 spiro atoms. The molecule has 1 unspecified atom stereocenters. The molecule has 7 nitrogen and oxygen atoms in total. The van der Waals surface area contributed by atoms with Gasteiger partial charge in [0.15, 0.2) is 9.84 Å². The van der Waals surface area contributed by atoms with Crippen LogP contribution in [0.5, 0.6) is 0 Å². The number of nitrogens with zero attached hydrogens (tertiary/aromatic N) is 2. The van der Waals surface area contributed by atoms with Crippen LogP contribution in [0.15, 0.2) is 36.4 Å². The van der Waals surface area contributed by atoms with Gasteiger partial charge in [0.1, 0.15) is 0 Å². The Kier molecular flexibility index (Phi) is 6.22. The highest BCUT2D eigenvalue weighted by atomic mass is 32.2. The fourth-order valence-electron chi connectivity index (χ4n) is 5.05. The zero-order valence-electron chi connectivity index (χ0n) is 19.5. The molecule has 1 heterocycles. The van der Waals surface area contributed by atoms with Crippen molar-refractivity contribution in [2.45, 2.75) is 51.3 Å². The van der Waals surface area contributed by atoms with Crippen molar-refractivity contribution >= 4 is 33.2 Å². The fraction of sp³-hybridized carbons (Fsp3) is 0.440. The van der Waals surface area contributed by atoms with Crippen molar-refractivity contribution in [3.05, 3.63) is 47.5 Å². The van der Waals surface area contributed by atoms with Crippen LogP contribution in [-0.4, -0.2) is 45.9 Å². The van der Waals surface area contributed by atoms with Crippen molar-refractivity contribution in [2.24, 2.45) is 0 Å². The maximum absolute atomic E-state index is 12.7. The van der Waals surface area contributed by atoms with Gasteiger partial charge in [-0.3, -0.25) is 9.69 Å². The Labute approximate surface area is 195 Å². The summed E-state index contributed by atoms with van der Waals surface area (Å²) in [7, 11) is -3.17. The minimum absolute atomic E-state index is 0.0828. The molecular weight excluding hydrogens is 440 g/mol.